The van der Waals surface area contributed by atoms with Gasteiger partial charge in [0.25, 0.3) is 0 Å². The van der Waals surface area contributed by atoms with Gasteiger partial charge in [-0.2, -0.15) is 0 Å². The van der Waals surface area contributed by atoms with Gasteiger partial charge in [0.2, 0.25) is 0 Å². The molecule has 1 atom stereocenters. The number of hydrogen-bond donors (Lipinski definition) is 1. The van der Waals surface area contributed by atoms with Crippen molar-refractivity contribution in [1.82, 2.24) is 14.9 Å². The van der Waals surface area contributed by atoms with Gasteiger partial charge in [-0.15, -0.1) is 0 Å². The van der Waals surface area contributed by atoms with Crippen LogP contribution in [-0.2, 0) is 6.54 Å². The SMILES string of the molecule is c1ccc2c(c1)OC1(CCC1)C[C@H]2NCCCCn1ccnc1. The predicted octanol–water partition coefficient (Wildman–Crippen LogP) is 3.70. The summed E-state index contributed by atoms with van der Waals surface area (Å²) < 4.78 is 8.46. The van der Waals surface area contributed by atoms with E-state index in [0.29, 0.717) is 6.04 Å². The average Bonchev–Trinajstić information content (AvgIpc) is 3.06. The number of para-hydroxylation sites is 1. The minimum Gasteiger partial charge on any atom is -0.487 e. The first-order valence-corrected chi connectivity index (χ1v) is 8.82. The quantitative estimate of drug-likeness (QED) is 0.827. The van der Waals surface area contributed by atoms with E-state index in [4.69, 9.17) is 4.74 Å². The van der Waals surface area contributed by atoms with Crippen molar-refractivity contribution in [3.63, 3.8) is 0 Å². The Morgan fingerprint density at radius 3 is 2.96 bits per heavy atom. The van der Waals surface area contributed by atoms with Crippen molar-refractivity contribution in [3.8, 4) is 5.75 Å². The molecule has 1 aromatic heterocycles. The maximum Gasteiger partial charge on any atom is 0.124 e. The average molecular weight is 311 g/mol. The van der Waals surface area contributed by atoms with E-state index in [0.717, 1.165) is 25.3 Å². The first-order chi connectivity index (χ1) is 11.3. The molecular weight excluding hydrogens is 286 g/mol. The molecule has 1 aliphatic carbocycles. The third-order valence-corrected chi connectivity index (χ3v) is 5.25. The molecule has 1 fully saturated rings. The van der Waals surface area contributed by atoms with Crippen LogP contribution < -0.4 is 10.1 Å². The van der Waals surface area contributed by atoms with Crippen LogP contribution in [0.25, 0.3) is 0 Å². The van der Waals surface area contributed by atoms with Gasteiger partial charge in [-0.3, -0.25) is 0 Å². The number of benzene rings is 1. The van der Waals surface area contributed by atoms with Gasteiger partial charge in [-0.25, -0.2) is 4.98 Å². The van der Waals surface area contributed by atoms with Crippen LogP contribution in [0.1, 0.15) is 50.1 Å². The Bertz CT molecular complexity index is 634. The Morgan fingerprint density at radius 1 is 1.26 bits per heavy atom. The first kappa shape index (κ1) is 14.8. The van der Waals surface area contributed by atoms with E-state index >= 15 is 0 Å². The largest absolute Gasteiger partial charge is 0.487 e. The lowest BCUT2D eigenvalue weighted by atomic mass is 9.73. The molecule has 4 heteroatoms. The van der Waals surface area contributed by atoms with E-state index in [1.54, 1.807) is 0 Å². The smallest absolute Gasteiger partial charge is 0.124 e. The van der Waals surface area contributed by atoms with Gasteiger partial charge in [0.05, 0.1) is 6.33 Å². The summed E-state index contributed by atoms with van der Waals surface area (Å²) in [5.41, 5.74) is 1.45. The molecule has 2 aromatic rings. The van der Waals surface area contributed by atoms with E-state index in [2.05, 4.69) is 39.1 Å². The van der Waals surface area contributed by atoms with Crippen LogP contribution in [0.2, 0.25) is 0 Å². The summed E-state index contributed by atoms with van der Waals surface area (Å²) in [5, 5.41) is 3.78. The van der Waals surface area contributed by atoms with E-state index < -0.39 is 0 Å². The molecule has 4 nitrogen and oxygen atoms in total. The molecule has 1 spiro atoms. The molecule has 0 unspecified atom stereocenters. The van der Waals surface area contributed by atoms with Crippen LogP contribution >= 0.6 is 0 Å². The topological polar surface area (TPSA) is 39.1 Å². The normalized spacial score (nSPS) is 21.5. The van der Waals surface area contributed by atoms with Crippen molar-refractivity contribution in [2.45, 2.75) is 56.7 Å². The number of nitrogens with one attached hydrogen (secondary N) is 1. The summed E-state index contributed by atoms with van der Waals surface area (Å²) in [7, 11) is 0. The molecule has 0 radical (unpaired) electrons. The standard InChI is InChI=1S/C19H25N3O/c1-2-7-18-16(6-1)17(14-19(23-18)8-5-9-19)21-10-3-4-12-22-13-11-20-15-22/h1-2,6-7,11,13,15,17,21H,3-5,8-10,12,14H2/t17-/m1/s1. The van der Waals surface area contributed by atoms with Gasteiger partial charge >= 0.3 is 0 Å². The second-order valence-corrected chi connectivity index (χ2v) is 6.89. The number of imidazole rings is 1. The summed E-state index contributed by atoms with van der Waals surface area (Å²) in [5.74, 6) is 1.09. The molecule has 23 heavy (non-hydrogen) atoms. The molecule has 0 bridgehead atoms. The number of hydrogen-bond acceptors (Lipinski definition) is 3. The van der Waals surface area contributed by atoms with Gasteiger partial charge in [-0.05, 0) is 44.7 Å². The first-order valence-electron chi connectivity index (χ1n) is 8.82. The lowest BCUT2D eigenvalue weighted by Crippen LogP contribution is -2.49. The van der Waals surface area contributed by atoms with E-state index in [1.165, 1.54) is 37.7 Å². The minimum atomic E-state index is 0.114. The van der Waals surface area contributed by atoms with Crippen LogP contribution in [0, 0.1) is 0 Å². The summed E-state index contributed by atoms with van der Waals surface area (Å²) in [6.07, 6.45) is 13.0. The summed E-state index contributed by atoms with van der Waals surface area (Å²) in [4.78, 5) is 4.08. The molecular formula is C19H25N3O. The Morgan fingerprint density at radius 2 is 2.17 bits per heavy atom. The lowest BCUT2D eigenvalue weighted by molar-refractivity contribution is -0.0368. The summed E-state index contributed by atoms with van der Waals surface area (Å²) >= 11 is 0. The predicted molar refractivity (Wildman–Crippen MR) is 90.5 cm³/mol. The van der Waals surface area contributed by atoms with E-state index in [-0.39, 0.29) is 5.60 Å². The van der Waals surface area contributed by atoms with Gasteiger partial charge < -0.3 is 14.6 Å². The molecule has 1 aromatic carbocycles. The fourth-order valence-electron chi connectivity index (χ4n) is 3.79. The Balaban J connectivity index is 1.32. The molecule has 2 aliphatic rings. The number of fused-ring (bicyclic) bond motifs is 1. The maximum absolute atomic E-state index is 6.31. The molecule has 2 heterocycles. The van der Waals surface area contributed by atoms with Crippen LogP contribution in [-0.4, -0.2) is 21.7 Å². The molecule has 4 rings (SSSR count). The maximum atomic E-state index is 6.31. The fraction of sp³-hybridized carbons (Fsp3) is 0.526. The number of rotatable bonds is 6. The fourth-order valence-corrected chi connectivity index (χ4v) is 3.79. The minimum absolute atomic E-state index is 0.114. The molecule has 1 N–H and O–H groups in total. The summed E-state index contributed by atoms with van der Waals surface area (Å²) in [6.45, 7) is 2.11. The number of nitrogens with zero attached hydrogens (tertiary/aromatic N) is 2. The highest BCUT2D eigenvalue weighted by Gasteiger charge is 2.45. The van der Waals surface area contributed by atoms with Crippen LogP contribution in [0.5, 0.6) is 5.75 Å². The Labute approximate surface area is 137 Å². The van der Waals surface area contributed by atoms with Gasteiger partial charge in [0.15, 0.2) is 0 Å². The van der Waals surface area contributed by atoms with Gasteiger partial charge in [-0.1, -0.05) is 18.2 Å². The van der Waals surface area contributed by atoms with Crippen molar-refractivity contribution in [1.29, 1.82) is 0 Å². The van der Waals surface area contributed by atoms with Crippen LogP contribution in [0.4, 0.5) is 0 Å². The Hall–Kier alpha value is -1.81. The van der Waals surface area contributed by atoms with Crippen molar-refractivity contribution in [3.05, 3.63) is 48.5 Å². The molecule has 0 amide bonds. The van der Waals surface area contributed by atoms with Crippen molar-refractivity contribution in [2.24, 2.45) is 0 Å². The van der Waals surface area contributed by atoms with Crippen LogP contribution in [0.3, 0.4) is 0 Å². The van der Waals surface area contributed by atoms with Crippen LogP contribution in [0.15, 0.2) is 43.0 Å². The third-order valence-electron chi connectivity index (χ3n) is 5.25. The zero-order chi connectivity index (χ0) is 15.5. The highest BCUT2D eigenvalue weighted by atomic mass is 16.5. The van der Waals surface area contributed by atoms with Gasteiger partial charge in [0.1, 0.15) is 11.4 Å². The number of ether oxygens (including phenoxy) is 1. The highest BCUT2D eigenvalue weighted by molar-refractivity contribution is 5.39. The van der Waals surface area contributed by atoms with Gasteiger partial charge in [0, 0.05) is 37.0 Å². The zero-order valence-electron chi connectivity index (χ0n) is 13.6. The zero-order valence-corrected chi connectivity index (χ0v) is 13.6. The second-order valence-electron chi connectivity index (χ2n) is 6.89. The van der Waals surface area contributed by atoms with Crippen molar-refractivity contribution < 1.29 is 4.74 Å². The van der Waals surface area contributed by atoms with E-state index in [1.807, 2.05) is 18.7 Å². The lowest BCUT2D eigenvalue weighted by Gasteiger charge is -2.48. The second kappa shape index (κ2) is 6.36. The number of unbranched alkanes of at least 4 members (excludes halogenated alkanes) is 1. The number of aromatic nitrogens is 2. The molecule has 0 saturated heterocycles. The monoisotopic (exact) mass is 311 g/mol. The highest BCUT2D eigenvalue weighted by Crippen LogP contribution is 2.48. The van der Waals surface area contributed by atoms with Crippen molar-refractivity contribution in [2.75, 3.05) is 6.54 Å². The van der Waals surface area contributed by atoms with E-state index in [9.17, 15) is 0 Å². The summed E-state index contributed by atoms with van der Waals surface area (Å²) in [6, 6.07) is 8.98. The number of aryl methyl sites for hydroxylation is 1. The molecule has 122 valence electrons. The third kappa shape index (κ3) is 3.13. The Kier molecular flexibility index (Phi) is 4.08. The molecule has 1 saturated carbocycles. The van der Waals surface area contributed by atoms with Crippen molar-refractivity contribution >= 4 is 0 Å². The molecule has 1 aliphatic heterocycles.